The minimum Gasteiger partial charge on any atom is -0.361 e. The molecular weight excluding hydrogens is 372 g/mol. The number of hydrogen-bond donors (Lipinski definition) is 3. The number of H-pyrrole nitrogens is 2. The highest BCUT2D eigenvalue weighted by Crippen LogP contribution is 2.42. The lowest BCUT2D eigenvalue weighted by atomic mass is 10.0. The van der Waals surface area contributed by atoms with Gasteiger partial charge in [0.2, 0.25) is 5.91 Å². The Kier molecular flexibility index (Phi) is 4.37. The van der Waals surface area contributed by atoms with Crippen molar-refractivity contribution in [3.63, 3.8) is 0 Å². The van der Waals surface area contributed by atoms with Gasteiger partial charge >= 0.3 is 5.69 Å². The van der Waals surface area contributed by atoms with E-state index in [9.17, 15) is 9.59 Å². The molecule has 9 heteroatoms. The van der Waals surface area contributed by atoms with Gasteiger partial charge in [0.1, 0.15) is 5.76 Å². The molecule has 2 fully saturated rings. The normalized spacial score (nSPS) is 21.6. The summed E-state index contributed by atoms with van der Waals surface area (Å²) in [5, 5.41) is 13.8. The molecule has 0 aromatic carbocycles. The average Bonchev–Trinajstić information content (AvgIpc) is 3.06. The number of hydrogen-bond acceptors (Lipinski definition) is 5. The van der Waals surface area contributed by atoms with Gasteiger partial charge in [-0.05, 0) is 39.0 Å². The van der Waals surface area contributed by atoms with Crippen molar-refractivity contribution in [3.8, 4) is 0 Å². The van der Waals surface area contributed by atoms with Gasteiger partial charge in [-0.1, -0.05) is 5.16 Å². The van der Waals surface area contributed by atoms with Crippen molar-refractivity contribution in [1.29, 1.82) is 0 Å². The van der Waals surface area contributed by atoms with Crippen LogP contribution >= 0.6 is 0 Å². The lowest BCUT2D eigenvalue weighted by Crippen LogP contribution is -2.20. The second-order valence-corrected chi connectivity index (χ2v) is 8.23. The van der Waals surface area contributed by atoms with Gasteiger partial charge in [-0.25, -0.2) is 4.79 Å². The highest BCUT2D eigenvalue weighted by Gasteiger charge is 2.32. The summed E-state index contributed by atoms with van der Waals surface area (Å²) in [6.45, 7) is 1.81. The van der Waals surface area contributed by atoms with Crippen molar-refractivity contribution in [1.82, 2.24) is 24.9 Å². The molecule has 3 N–H and O–H groups in total. The fourth-order valence-corrected chi connectivity index (χ4v) is 4.25. The summed E-state index contributed by atoms with van der Waals surface area (Å²) in [5.41, 5.74) is 2.81. The van der Waals surface area contributed by atoms with E-state index < -0.39 is 0 Å². The van der Waals surface area contributed by atoms with Crippen molar-refractivity contribution in [2.75, 3.05) is 5.32 Å². The molecule has 2 aliphatic rings. The molecule has 0 spiro atoms. The highest BCUT2D eigenvalue weighted by atomic mass is 16.5. The first kappa shape index (κ1) is 18.0. The molecule has 0 unspecified atom stereocenters. The minimum atomic E-state index is -0.199. The Morgan fingerprint density at radius 1 is 1.24 bits per heavy atom. The van der Waals surface area contributed by atoms with Gasteiger partial charge in [-0.3, -0.25) is 14.5 Å². The first-order chi connectivity index (χ1) is 14.0. The molecule has 0 saturated heterocycles. The van der Waals surface area contributed by atoms with Crippen LogP contribution in [0.3, 0.4) is 0 Å². The molecule has 0 aliphatic heterocycles. The van der Waals surface area contributed by atoms with Crippen LogP contribution in [0, 0.1) is 6.92 Å². The number of nitrogens with one attached hydrogen (secondary N) is 3. The number of carbonyl (C=O) groups is 1. The summed E-state index contributed by atoms with van der Waals surface area (Å²) in [6, 6.07) is 3.82. The number of imidazole rings is 1. The Morgan fingerprint density at radius 3 is 2.83 bits per heavy atom. The molecule has 29 heavy (non-hydrogen) atoms. The van der Waals surface area contributed by atoms with Crippen LogP contribution in [0.15, 0.2) is 27.6 Å². The molecule has 152 valence electrons. The first-order valence-electron chi connectivity index (χ1n) is 10.1. The molecule has 5 rings (SSSR count). The SMILES string of the molecule is Cc1cc(CC(=O)Nc2cc([C@H]3CC[C@@H](n4cc(C5CC5)[nH]c4=O)C3)[nH]n2)on1. The molecule has 1 amide bonds. The largest absolute Gasteiger partial charge is 0.361 e. The van der Waals surface area contributed by atoms with Gasteiger partial charge in [-0.2, -0.15) is 5.10 Å². The number of aryl methyl sites for hydroxylation is 1. The number of anilines is 1. The topological polar surface area (TPSA) is 122 Å². The van der Waals surface area contributed by atoms with Crippen molar-refractivity contribution in [3.05, 3.63) is 51.7 Å². The van der Waals surface area contributed by atoms with E-state index in [1.54, 1.807) is 6.07 Å². The third-order valence-corrected chi connectivity index (χ3v) is 5.90. The van der Waals surface area contributed by atoms with E-state index >= 15 is 0 Å². The van der Waals surface area contributed by atoms with Crippen LogP contribution in [0.4, 0.5) is 5.82 Å². The second kappa shape index (κ2) is 7.06. The van der Waals surface area contributed by atoms with E-state index in [1.165, 1.54) is 12.8 Å². The number of carbonyl (C=O) groups excluding carboxylic acids is 1. The smallest absolute Gasteiger partial charge is 0.325 e. The van der Waals surface area contributed by atoms with Crippen LogP contribution in [0.2, 0.25) is 0 Å². The molecular formula is C20H24N6O3. The predicted molar refractivity (Wildman–Crippen MR) is 105 cm³/mol. The lowest BCUT2D eigenvalue weighted by molar-refractivity contribution is -0.115. The van der Waals surface area contributed by atoms with E-state index in [0.29, 0.717) is 23.4 Å². The van der Waals surface area contributed by atoms with Gasteiger partial charge in [-0.15, -0.1) is 0 Å². The monoisotopic (exact) mass is 396 g/mol. The Bertz CT molecular complexity index is 1090. The zero-order valence-corrected chi connectivity index (χ0v) is 16.3. The van der Waals surface area contributed by atoms with Crippen LogP contribution in [0.1, 0.15) is 72.8 Å². The van der Waals surface area contributed by atoms with Crippen molar-refractivity contribution < 1.29 is 9.32 Å². The Balaban J connectivity index is 1.21. The van der Waals surface area contributed by atoms with E-state index in [0.717, 1.165) is 36.3 Å². The van der Waals surface area contributed by atoms with E-state index in [-0.39, 0.29) is 24.1 Å². The maximum absolute atomic E-state index is 12.3. The molecule has 2 aliphatic carbocycles. The molecule has 3 aromatic heterocycles. The lowest BCUT2D eigenvalue weighted by Gasteiger charge is -2.10. The molecule has 0 radical (unpaired) electrons. The summed E-state index contributed by atoms with van der Waals surface area (Å²) >= 11 is 0. The maximum Gasteiger partial charge on any atom is 0.325 e. The van der Waals surface area contributed by atoms with Crippen LogP contribution in [-0.2, 0) is 11.2 Å². The van der Waals surface area contributed by atoms with E-state index in [2.05, 4.69) is 25.7 Å². The van der Waals surface area contributed by atoms with Gasteiger partial charge in [0.25, 0.3) is 0 Å². The van der Waals surface area contributed by atoms with Crippen molar-refractivity contribution in [2.45, 2.75) is 63.3 Å². The Morgan fingerprint density at radius 2 is 2.07 bits per heavy atom. The Hall–Kier alpha value is -3.10. The van der Waals surface area contributed by atoms with Gasteiger partial charge < -0.3 is 14.8 Å². The van der Waals surface area contributed by atoms with Crippen molar-refractivity contribution in [2.24, 2.45) is 0 Å². The van der Waals surface area contributed by atoms with Gasteiger partial charge in [0, 0.05) is 47.6 Å². The van der Waals surface area contributed by atoms with Gasteiger partial charge in [0.15, 0.2) is 5.82 Å². The third-order valence-electron chi connectivity index (χ3n) is 5.90. The minimum absolute atomic E-state index is 0.00207. The summed E-state index contributed by atoms with van der Waals surface area (Å²) in [6.07, 6.45) is 7.30. The molecule has 3 aromatic rings. The third kappa shape index (κ3) is 3.76. The molecule has 9 nitrogen and oxygen atoms in total. The predicted octanol–water partition coefficient (Wildman–Crippen LogP) is 2.76. The molecule has 0 bridgehead atoms. The average molecular weight is 396 g/mol. The zero-order chi connectivity index (χ0) is 20.0. The standard InChI is InChI=1S/C20H24N6O3/c1-11-6-15(29-25-11)8-19(27)22-18-9-16(23-24-18)13-4-5-14(7-13)26-10-17(12-2-3-12)21-20(26)28/h6,9-10,12-14H,2-5,7-8H2,1H3,(H,21,28)(H2,22,23,24,27)/t13-,14+/m0/s1. The summed E-state index contributed by atoms with van der Waals surface area (Å²) in [5.74, 6) is 1.66. The summed E-state index contributed by atoms with van der Waals surface area (Å²) < 4.78 is 6.94. The number of amides is 1. The van der Waals surface area contributed by atoms with Crippen LogP contribution in [0.25, 0.3) is 0 Å². The second-order valence-electron chi connectivity index (χ2n) is 8.23. The summed E-state index contributed by atoms with van der Waals surface area (Å²) in [7, 11) is 0. The fraction of sp³-hybridized carbons (Fsp3) is 0.500. The van der Waals surface area contributed by atoms with Crippen LogP contribution < -0.4 is 11.0 Å². The number of rotatable bonds is 6. The number of nitrogens with zero attached hydrogens (tertiary/aromatic N) is 3. The Labute approximate surface area is 166 Å². The first-order valence-corrected chi connectivity index (χ1v) is 10.1. The highest BCUT2D eigenvalue weighted by molar-refractivity contribution is 5.91. The zero-order valence-electron chi connectivity index (χ0n) is 16.3. The fourth-order valence-electron chi connectivity index (χ4n) is 4.25. The number of aromatic amines is 2. The molecule has 3 heterocycles. The van der Waals surface area contributed by atoms with E-state index in [1.807, 2.05) is 23.8 Å². The number of aromatic nitrogens is 5. The summed E-state index contributed by atoms with van der Waals surface area (Å²) in [4.78, 5) is 27.5. The van der Waals surface area contributed by atoms with Gasteiger partial charge in [0.05, 0.1) is 12.1 Å². The maximum atomic E-state index is 12.3. The van der Waals surface area contributed by atoms with E-state index in [4.69, 9.17) is 4.52 Å². The van der Waals surface area contributed by atoms with Crippen LogP contribution in [-0.4, -0.2) is 30.8 Å². The van der Waals surface area contributed by atoms with Crippen molar-refractivity contribution >= 4 is 11.7 Å². The molecule has 2 saturated carbocycles. The van der Waals surface area contributed by atoms with Crippen LogP contribution in [0.5, 0.6) is 0 Å². The quantitative estimate of drug-likeness (QED) is 0.591. The molecule has 2 atom stereocenters.